The summed E-state index contributed by atoms with van der Waals surface area (Å²) in [7, 11) is 1.74. The zero-order valence-electron chi connectivity index (χ0n) is 15.8. The predicted molar refractivity (Wildman–Crippen MR) is 101 cm³/mol. The number of carbonyl (C=O) groups is 1. The summed E-state index contributed by atoms with van der Waals surface area (Å²) in [5, 5.41) is 0.758. The van der Waals surface area contributed by atoms with E-state index in [4.69, 9.17) is 21.1 Å². The molecule has 1 aliphatic heterocycles. The van der Waals surface area contributed by atoms with Crippen molar-refractivity contribution in [3.05, 3.63) is 34.9 Å². The molecule has 0 spiro atoms. The van der Waals surface area contributed by atoms with E-state index in [1.807, 2.05) is 37.8 Å². The molecule has 5 heteroatoms. The van der Waals surface area contributed by atoms with Crippen LogP contribution in [0.5, 0.6) is 0 Å². The molecule has 0 saturated carbocycles. The van der Waals surface area contributed by atoms with Gasteiger partial charge in [-0.05, 0) is 69.6 Å². The molecule has 1 fully saturated rings. The van der Waals surface area contributed by atoms with Crippen LogP contribution in [-0.4, -0.2) is 43.4 Å². The summed E-state index contributed by atoms with van der Waals surface area (Å²) < 4.78 is 10.8. The number of hydrogen-bond acceptors (Lipinski definition) is 3. The SMILES string of the molecule is COCCC(c1ccc(Cl)cc1)C1CCN(C(=O)OC(C)(C)C)CC1. The topological polar surface area (TPSA) is 38.8 Å². The van der Waals surface area contributed by atoms with Gasteiger partial charge in [0.2, 0.25) is 0 Å². The first-order chi connectivity index (χ1) is 11.8. The van der Waals surface area contributed by atoms with Crippen molar-refractivity contribution in [3.8, 4) is 0 Å². The van der Waals surface area contributed by atoms with Crippen molar-refractivity contribution in [1.29, 1.82) is 0 Å². The van der Waals surface area contributed by atoms with Crippen LogP contribution in [0.1, 0.15) is 51.5 Å². The second kappa shape index (κ2) is 8.91. The summed E-state index contributed by atoms with van der Waals surface area (Å²) in [6.45, 7) is 7.93. The molecule has 4 nitrogen and oxygen atoms in total. The summed E-state index contributed by atoms with van der Waals surface area (Å²) in [5.41, 5.74) is 0.857. The number of halogens is 1. The van der Waals surface area contributed by atoms with Crippen molar-refractivity contribution < 1.29 is 14.3 Å². The second-order valence-electron chi connectivity index (χ2n) is 7.74. The van der Waals surface area contributed by atoms with Crippen LogP contribution >= 0.6 is 11.6 Å². The Hall–Kier alpha value is -1.26. The van der Waals surface area contributed by atoms with E-state index in [9.17, 15) is 4.79 Å². The van der Waals surface area contributed by atoms with Gasteiger partial charge in [0.15, 0.2) is 0 Å². The summed E-state index contributed by atoms with van der Waals surface area (Å²) in [6, 6.07) is 8.13. The van der Waals surface area contributed by atoms with Crippen LogP contribution in [0.15, 0.2) is 24.3 Å². The molecule has 1 unspecified atom stereocenters. The van der Waals surface area contributed by atoms with Gasteiger partial charge < -0.3 is 14.4 Å². The number of nitrogens with zero attached hydrogens (tertiary/aromatic N) is 1. The Bertz CT molecular complexity index is 545. The standard InChI is InChI=1S/C20H30ClNO3/c1-20(2,3)25-19(23)22-12-9-16(10-13-22)18(11-14-24-4)15-5-7-17(21)8-6-15/h5-8,16,18H,9-14H2,1-4H3. The lowest BCUT2D eigenvalue weighted by Crippen LogP contribution is -2.42. The van der Waals surface area contributed by atoms with Crippen molar-refractivity contribution in [1.82, 2.24) is 4.90 Å². The number of piperidine rings is 1. The molecule has 2 rings (SSSR count). The smallest absolute Gasteiger partial charge is 0.410 e. The van der Waals surface area contributed by atoms with Crippen LogP contribution in [0.3, 0.4) is 0 Å². The maximum absolute atomic E-state index is 12.2. The Morgan fingerprint density at radius 3 is 2.36 bits per heavy atom. The molecule has 0 N–H and O–H groups in total. The molecule has 140 valence electrons. The zero-order chi connectivity index (χ0) is 18.4. The van der Waals surface area contributed by atoms with Crippen LogP contribution in [0, 0.1) is 5.92 Å². The first-order valence-electron chi connectivity index (χ1n) is 9.02. The zero-order valence-corrected chi connectivity index (χ0v) is 16.5. The minimum atomic E-state index is -0.446. The monoisotopic (exact) mass is 367 g/mol. The minimum Gasteiger partial charge on any atom is -0.444 e. The highest BCUT2D eigenvalue weighted by Crippen LogP contribution is 2.36. The number of methoxy groups -OCH3 is 1. The number of carbonyl (C=O) groups excluding carboxylic acids is 1. The Morgan fingerprint density at radius 1 is 1.24 bits per heavy atom. The molecule has 1 heterocycles. The van der Waals surface area contributed by atoms with E-state index in [1.54, 1.807) is 7.11 Å². The fourth-order valence-corrected chi connectivity index (χ4v) is 3.57. The molecule has 1 aromatic carbocycles. The number of amides is 1. The first kappa shape index (κ1) is 20.1. The molecule has 1 aromatic rings. The molecule has 1 saturated heterocycles. The number of ether oxygens (including phenoxy) is 2. The van der Waals surface area contributed by atoms with Crippen molar-refractivity contribution >= 4 is 17.7 Å². The van der Waals surface area contributed by atoms with Crippen LogP contribution in [0.25, 0.3) is 0 Å². The van der Waals surface area contributed by atoms with Gasteiger partial charge in [-0.2, -0.15) is 0 Å². The Morgan fingerprint density at radius 2 is 1.84 bits per heavy atom. The minimum absolute atomic E-state index is 0.203. The largest absolute Gasteiger partial charge is 0.444 e. The lowest BCUT2D eigenvalue weighted by atomic mass is 9.78. The fraction of sp³-hybridized carbons (Fsp3) is 0.650. The number of likely N-dealkylation sites (tertiary alicyclic amines) is 1. The maximum Gasteiger partial charge on any atom is 0.410 e. The van der Waals surface area contributed by atoms with Gasteiger partial charge in [-0.25, -0.2) is 4.79 Å². The van der Waals surface area contributed by atoms with E-state index in [0.29, 0.717) is 11.8 Å². The van der Waals surface area contributed by atoms with Crippen LogP contribution < -0.4 is 0 Å². The summed E-state index contributed by atoms with van der Waals surface area (Å²) in [4.78, 5) is 14.1. The van der Waals surface area contributed by atoms with Crippen molar-refractivity contribution in [2.24, 2.45) is 5.92 Å². The molecule has 0 bridgehead atoms. The fourth-order valence-electron chi connectivity index (χ4n) is 3.44. The Kier molecular flexibility index (Phi) is 7.14. The van der Waals surface area contributed by atoms with Crippen molar-refractivity contribution in [2.45, 2.75) is 51.6 Å². The van der Waals surface area contributed by atoms with Gasteiger partial charge in [-0.15, -0.1) is 0 Å². The van der Waals surface area contributed by atoms with E-state index in [0.717, 1.165) is 44.0 Å². The van der Waals surface area contributed by atoms with E-state index < -0.39 is 5.60 Å². The lowest BCUT2D eigenvalue weighted by Gasteiger charge is -2.37. The van der Waals surface area contributed by atoms with Gasteiger partial charge >= 0.3 is 6.09 Å². The van der Waals surface area contributed by atoms with E-state index in [1.165, 1.54) is 5.56 Å². The Balaban J connectivity index is 1.99. The highest BCUT2D eigenvalue weighted by molar-refractivity contribution is 6.30. The molecule has 0 radical (unpaired) electrons. The van der Waals surface area contributed by atoms with E-state index in [2.05, 4.69) is 12.1 Å². The van der Waals surface area contributed by atoms with Crippen LogP contribution in [0.4, 0.5) is 4.79 Å². The number of benzene rings is 1. The quantitative estimate of drug-likeness (QED) is 0.726. The van der Waals surface area contributed by atoms with E-state index >= 15 is 0 Å². The van der Waals surface area contributed by atoms with E-state index in [-0.39, 0.29) is 6.09 Å². The number of hydrogen-bond donors (Lipinski definition) is 0. The highest BCUT2D eigenvalue weighted by atomic mass is 35.5. The molecule has 1 amide bonds. The number of rotatable bonds is 5. The highest BCUT2D eigenvalue weighted by Gasteiger charge is 2.31. The van der Waals surface area contributed by atoms with Crippen LogP contribution in [-0.2, 0) is 9.47 Å². The Labute approximate surface area is 156 Å². The van der Waals surface area contributed by atoms with Crippen molar-refractivity contribution in [3.63, 3.8) is 0 Å². The molecule has 1 atom stereocenters. The van der Waals surface area contributed by atoms with Gasteiger partial charge in [0.25, 0.3) is 0 Å². The molecular weight excluding hydrogens is 338 g/mol. The molecule has 0 aromatic heterocycles. The van der Waals surface area contributed by atoms with Crippen LogP contribution in [0.2, 0.25) is 5.02 Å². The predicted octanol–water partition coefficient (Wildman–Crippen LogP) is 5.11. The lowest BCUT2D eigenvalue weighted by molar-refractivity contribution is 0.0169. The third-order valence-electron chi connectivity index (χ3n) is 4.69. The third-order valence-corrected chi connectivity index (χ3v) is 4.94. The average molecular weight is 368 g/mol. The third kappa shape index (κ3) is 6.19. The second-order valence-corrected chi connectivity index (χ2v) is 8.18. The van der Waals surface area contributed by atoms with Gasteiger partial charge in [-0.1, -0.05) is 23.7 Å². The average Bonchev–Trinajstić information content (AvgIpc) is 2.56. The maximum atomic E-state index is 12.2. The molecule has 0 aliphatic carbocycles. The molecular formula is C20H30ClNO3. The molecule has 25 heavy (non-hydrogen) atoms. The molecule has 1 aliphatic rings. The van der Waals surface area contributed by atoms with Gasteiger partial charge in [0.05, 0.1) is 0 Å². The van der Waals surface area contributed by atoms with Gasteiger partial charge in [-0.3, -0.25) is 0 Å². The van der Waals surface area contributed by atoms with Gasteiger partial charge in [0.1, 0.15) is 5.60 Å². The normalized spacial score (nSPS) is 17.4. The summed E-state index contributed by atoms with van der Waals surface area (Å²) >= 11 is 6.03. The first-order valence-corrected chi connectivity index (χ1v) is 9.40. The summed E-state index contributed by atoms with van der Waals surface area (Å²) in [5.74, 6) is 0.966. The van der Waals surface area contributed by atoms with Gasteiger partial charge in [0, 0.05) is 31.8 Å². The summed E-state index contributed by atoms with van der Waals surface area (Å²) in [6.07, 6.45) is 2.74. The van der Waals surface area contributed by atoms with Crippen molar-refractivity contribution in [2.75, 3.05) is 26.8 Å².